The second-order valence-electron chi connectivity index (χ2n) is 3.22. The number of aliphatic carboxylic acids is 1. The fraction of sp³-hybridized carbons (Fsp3) is 0.273. The molecular formula is C11H13IN2O4. The van der Waals surface area contributed by atoms with Gasteiger partial charge in [0.1, 0.15) is 0 Å². The second kappa shape index (κ2) is 7.04. The molecule has 1 rings (SSSR count). The lowest BCUT2D eigenvalue weighted by Crippen LogP contribution is -2.11. The summed E-state index contributed by atoms with van der Waals surface area (Å²) in [5, 5.41) is 12.1. The first kappa shape index (κ1) is 14.6. The topological polar surface area (TPSA) is 94.1 Å². The summed E-state index contributed by atoms with van der Waals surface area (Å²) < 4.78 is 11.4. The van der Waals surface area contributed by atoms with Crippen LogP contribution >= 0.6 is 22.6 Å². The molecule has 98 valence electrons. The van der Waals surface area contributed by atoms with E-state index in [1.54, 1.807) is 12.1 Å². The van der Waals surface area contributed by atoms with Crippen LogP contribution in [0.3, 0.4) is 0 Å². The normalized spacial score (nSPS) is 10.6. The Morgan fingerprint density at radius 2 is 2.28 bits per heavy atom. The molecule has 0 fully saturated rings. The van der Waals surface area contributed by atoms with Crippen LogP contribution in [0.25, 0.3) is 0 Å². The average molecular weight is 364 g/mol. The first-order valence-corrected chi connectivity index (χ1v) is 6.20. The van der Waals surface area contributed by atoms with E-state index in [4.69, 9.17) is 20.4 Å². The maximum atomic E-state index is 10.5. The Bertz CT molecular complexity index is 463. The molecule has 0 aliphatic rings. The van der Waals surface area contributed by atoms with Gasteiger partial charge >= 0.3 is 5.97 Å². The van der Waals surface area contributed by atoms with Crippen LogP contribution < -0.4 is 15.3 Å². The maximum absolute atomic E-state index is 10.5. The van der Waals surface area contributed by atoms with E-state index in [1.807, 2.05) is 29.5 Å². The molecule has 0 saturated heterocycles. The molecule has 0 aliphatic carbocycles. The van der Waals surface area contributed by atoms with Crippen molar-refractivity contribution in [2.45, 2.75) is 6.92 Å². The fourth-order valence-electron chi connectivity index (χ4n) is 1.29. The Labute approximate surface area is 118 Å². The van der Waals surface area contributed by atoms with Gasteiger partial charge in [-0.3, -0.25) is 0 Å². The van der Waals surface area contributed by atoms with E-state index in [1.165, 1.54) is 6.21 Å². The number of hydrazone groups is 1. The number of hydrogen-bond donors (Lipinski definition) is 2. The highest BCUT2D eigenvalue weighted by Crippen LogP contribution is 2.33. The number of halogens is 1. The molecular weight excluding hydrogens is 351 g/mol. The molecule has 7 heteroatoms. The van der Waals surface area contributed by atoms with Gasteiger partial charge in [0, 0.05) is 0 Å². The molecule has 0 saturated carbocycles. The number of nitrogens with zero attached hydrogens (tertiary/aromatic N) is 1. The molecule has 0 amide bonds. The van der Waals surface area contributed by atoms with Crippen LogP contribution in [0, 0.1) is 3.57 Å². The van der Waals surface area contributed by atoms with Gasteiger partial charge in [-0.25, -0.2) is 4.79 Å². The average Bonchev–Trinajstić information content (AvgIpc) is 2.28. The summed E-state index contributed by atoms with van der Waals surface area (Å²) in [5.74, 6) is 4.93. The molecule has 0 radical (unpaired) electrons. The van der Waals surface area contributed by atoms with Crippen molar-refractivity contribution in [1.82, 2.24) is 0 Å². The van der Waals surface area contributed by atoms with Gasteiger partial charge in [0.2, 0.25) is 0 Å². The Kier molecular flexibility index (Phi) is 5.69. The Hall–Kier alpha value is -1.51. The summed E-state index contributed by atoms with van der Waals surface area (Å²) in [5.41, 5.74) is 0.757. The van der Waals surface area contributed by atoms with Crippen LogP contribution in [0.2, 0.25) is 0 Å². The van der Waals surface area contributed by atoms with Crippen molar-refractivity contribution in [1.29, 1.82) is 0 Å². The highest BCUT2D eigenvalue weighted by molar-refractivity contribution is 14.1. The first-order valence-electron chi connectivity index (χ1n) is 5.12. The van der Waals surface area contributed by atoms with Crippen molar-refractivity contribution in [3.63, 3.8) is 0 Å². The molecule has 0 unspecified atom stereocenters. The minimum Gasteiger partial charge on any atom is -0.490 e. The summed E-state index contributed by atoms with van der Waals surface area (Å²) in [4.78, 5) is 10.5. The molecule has 1 aromatic rings. The van der Waals surface area contributed by atoms with E-state index in [9.17, 15) is 4.79 Å². The van der Waals surface area contributed by atoms with Crippen LogP contribution in [0.4, 0.5) is 0 Å². The Morgan fingerprint density at radius 3 is 2.83 bits per heavy atom. The number of nitrogens with two attached hydrogens (primary N) is 1. The molecule has 0 bridgehead atoms. The van der Waals surface area contributed by atoms with Gasteiger partial charge in [0.05, 0.1) is 16.4 Å². The number of carbonyl (C=O) groups is 1. The zero-order valence-corrected chi connectivity index (χ0v) is 11.9. The van der Waals surface area contributed by atoms with Crippen LogP contribution in [0.15, 0.2) is 17.2 Å². The van der Waals surface area contributed by atoms with Gasteiger partial charge in [0.25, 0.3) is 0 Å². The summed E-state index contributed by atoms with van der Waals surface area (Å²) in [6, 6.07) is 3.47. The maximum Gasteiger partial charge on any atom is 0.341 e. The predicted octanol–water partition coefficient (Wildman–Crippen LogP) is 1.45. The smallest absolute Gasteiger partial charge is 0.341 e. The van der Waals surface area contributed by atoms with Crippen molar-refractivity contribution in [2.75, 3.05) is 13.2 Å². The molecule has 0 atom stereocenters. The number of hydrogen-bond acceptors (Lipinski definition) is 5. The van der Waals surface area contributed by atoms with Gasteiger partial charge in [-0.1, -0.05) is 0 Å². The van der Waals surface area contributed by atoms with Crippen molar-refractivity contribution in [3.05, 3.63) is 21.3 Å². The lowest BCUT2D eigenvalue weighted by molar-refractivity contribution is -0.139. The first-order chi connectivity index (χ1) is 8.58. The number of carboxylic acid groups (broad SMARTS) is 1. The van der Waals surface area contributed by atoms with E-state index in [-0.39, 0.29) is 0 Å². The number of rotatable bonds is 6. The minimum atomic E-state index is -1.04. The molecule has 3 N–H and O–H groups in total. The zero-order chi connectivity index (χ0) is 13.5. The monoisotopic (exact) mass is 364 g/mol. The van der Waals surface area contributed by atoms with E-state index < -0.39 is 12.6 Å². The Morgan fingerprint density at radius 1 is 1.56 bits per heavy atom. The Balaban J connectivity index is 3.09. The number of ether oxygens (including phenoxy) is 2. The summed E-state index contributed by atoms with van der Waals surface area (Å²) in [7, 11) is 0. The van der Waals surface area contributed by atoms with Crippen molar-refractivity contribution in [3.8, 4) is 11.5 Å². The standard InChI is InChI=1S/C11H13IN2O4/c1-2-17-9-4-7(5-14-13)3-8(12)11(9)18-6-10(15)16/h3-5H,2,6,13H2,1H3,(H,15,16). The quantitative estimate of drug-likeness (QED) is 0.345. The van der Waals surface area contributed by atoms with E-state index in [0.29, 0.717) is 18.1 Å². The van der Waals surface area contributed by atoms with Gasteiger partial charge in [0.15, 0.2) is 18.1 Å². The molecule has 1 aromatic carbocycles. The molecule has 0 heterocycles. The van der Waals surface area contributed by atoms with Crippen LogP contribution in [-0.4, -0.2) is 30.5 Å². The van der Waals surface area contributed by atoms with Crippen molar-refractivity contribution < 1.29 is 19.4 Å². The molecule has 0 aromatic heterocycles. The van der Waals surface area contributed by atoms with Gasteiger partial charge in [-0.15, -0.1) is 0 Å². The number of carboxylic acids is 1. The summed E-state index contributed by atoms with van der Waals surface area (Å²) in [6.07, 6.45) is 1.48. The summed E-state index contributed by atoms with van der Waals surface area (Å²) >= 11 is 2.04. The zero-order valence-electron chi connectivity index (χ0n) is 9.72. The van der Waals surface area contributed by atoms with Gasteiger partial charge in [-0.05, 0) is 47.2 Å². The minimum absolute atomic E-state index is 0.411. The third-order valence-electron chi connectivity index (χ3n) is 1.90. The van der Waals surface area contributed by atoms with Gasteiger partial charge in [-0.2, -0.15) is 5.10 Å². The largest absolute Gasteiger partial charge is 0.490 e. The molecule has 6 nitrogen and oxygen atoms in total. The third kappa shape index (κ3) is 4.06. The van der Waals surface area contributed by atoms with E-state index in [0.717, 1.165) is 9.13 Å². The van der Waals surface area contributed by atoms with Crippen molar-refractivity contribution in [2.24, 2.45) is 10.9 Å². The summed E-state index contributed by atoms with van der Waals surface area (Å²) in [6.45, 7) is 1.86. The molecule has 0 spiro atoms. The lowest BCUT2D eigenvalue weighted by Gasteiger charge is -2.13. The van der Waals surface area contributed by atoms with Gasteiger partial charge < -0.3 is 20.4 Å². The van der Waals surface area contributed by atoms with Crippen LogP contribution in [0.1, 0.15) is 12.5 Å². The predicted molar refractivity (Wildman–Crippen MR) is 75.2 cm³/mol. The fourth-order valence-corrected chi connectivity index (χ4v) is 2.07. The van der Waals surface area contributed by atoms with Crippen LogP contribution in [0.5, 0.6) is 11.5 Å². The second-order valence-corrected chi connectivity index (χ2v) is 4.39. The molecule has 18 heavy (non-hydrogen) atoms. The van der Waals surface area contributed by atoms with E-state index >= 15 is 0 Å². The lowest BCUT2D eigenvalue weighted by atomic mass is 10.2. The van der Waals surface area contributed by atoms with Crippen LogP contribution in [-0.2, 0) is 4.79 Å². The highest BCUT2D eigenvalue weighted by Gasteiger charge is 2.13. The number of benzene rings is 1. The molecule has 0 aliphatic heterocycles. The SMILES string of the molecule is CCOc1cc(C=NN)cc(I)c1OCC(=O)O. The highest BCUT2D eigenvalue weighted by atomic mass is 127. The van der Waals surface area contributed by atoms with E-state index in [2.05, 4.69) is 5.10 Å². The van der Waals surface area contributed by atoms with Crippen molar-refractivity contribution >= 4 is 34.8 Å². The third-order valence-corrected chi connectivity index (χ3v) is 2.70.